The summed E-state index contributed by atoms with van der Waals surface area (Å²) in [6.45, 7) is 0. The van der Waals surface area contributed by atoms with Gasteiger partial charge in [0.15, 0.2) is 0 Å². The lowest BCUT2D eigenvalue weighted by atomic mass is 10.2. The molecule has 0 bridgehead atoms. The summed E-state index contributed by atoms with van der Waals surface area (Å²) in [6.07, 6.45) is 0. The Bertz CT molecular complexity index is 829. The van der Waals surface area contributed by atoms with E-state index in [0.717, 1.165) is 17.1 Å². The van der Waals surface area contributed by atoms with Crippen molar-refractivity contribution in [1.82, 2.24) is 0 Å². The molecule has 3 aromatic rings. The van der Waals surface area contributed by atoms with Crippen molar-refractivity contribution in [3.63, 3.8) is 0 Å². The lowest BCUT2D eigenvalue weighted by Gasteiger charge is -2.26. The van der Waals surface area contributed by atoms with Crippen LogP contribution in [0.25, 0.3) is 0 Å². The third kappa shape index (κ3) is 3.62. The molecule has 0 spiro atoms. The van der Waals surface area contributed by atoms with E-state index in [-0.39, 0.29) is 5.82 Å². The van der Waals surface area contributed by atoms with Gasteiger partial charge in [-0.15, -0.1) is 0 Å². The average Bonchev–Trinajstić information content (AvgIpc) is 2.56. The molecule has 3 aromatic carbocycles. The zero-order valence-electron chi connectivity index (χ0n) is 12.1. The Morgan fingerprint density at radius 3 is 1.38 bits per heavy atom. The van der Waals surface area contributed by atoms with E-state index in [0.29, 0.717) is 20.1 Å². The summed E-state index contributed by atoms with van der Waals surface area (Å²) in [7, 11) is 0. The molecule has 0 fully saturated rings. The second kappa shape index (κ2) is 7.20. The van der Waals surface area contributed by atoms with Gasteiger partial charge in [-0.2, -0.15) is 0 Å². The highest BCUT2D eigenvalue weighted by molar-refractivity contribution is 6.42. The summed E-state index contributed by atoms with van der Waals surface area (Å²) >= 11 is 24.3. The highest BCUT2D eigenvalue weighted by Crippen LogP contribution is 2.39. The third-order valence-corrected chi connectivity index (χ3v) is 4.89. The smallest absolute Gasteiger partial charge is 0.123 e. The van der Waals surface area contributed by atoms with Gasteiger partial charge in [-0.1, -0.05) is 46.4 Å². The SMILES string of the molecule is Fc1ccc(N(c2ccc(Cl)c(Cl)c2)c2ccc(Cl)c(Cl)c2)cc1. The van der Waals surface area contributed by atoms with Crippen molar-refractivity contribution in [2.24, 2.45) is 0 Å². The van der Waals surface area contributed by atoms with Gasteiger partial charge in [0.2, 0.25) is 0 Å². The first kappa shape index (κ1) is 17.4. The molecule has 0 radical (unpaired) electrons. The van der Waals surface area contributed by atoms with Crippen LogP contribution in [0.2, 0.25) is 20.1 Å². The Balaban J connectivity index is 2.17. The van der Waals surface area contributed by atoms with Crippen LogP contribution in [0.4, 0.5) is 21.5 Å². The van der Waals surface area contributed by atoms with E-state index in [1.807, 2.05) is 17.0 Å². The second-order valence-corrected chi connectivity index (χ2v) is 6.64. The molecule has 0 aromatic heterocycles. The molecular formula is C18H10Cl4FN. The maximum atomic E-state index is 13.3. The number of nitrogens with zero attached hydrogens (tertiary/aromatic N) is 1. The van der Waals surface area contributed by atoms with Crippen LogP contribution >= 0.6 is 46.4 Å². The molecule has 0 amide bonds. The maximum absolute atomic E-state index is 13.3. The highest BCUT2D eigenvalue weighted by Gasteiger charge is 2.15. The standard InChI is InChI=1S/C18H10Cl4FN/c19-15-7-5-13(9-17(15)21)24(12-3-1-11(23)2-4-12)14-6-8-16(20)18(22)10-14/h1-10H. The number of hydrogen-bond acceptors (Lipinski definition) is 1. The van der Waals surface area contributed by atoms with Gasteiger partial charge in [0.05, 0.1) is 20.1 Å². The third-order valence-electron chi connectivity index (χ3n) is 3.41. The first-order chi connectivity index (χ1) is 11.5. The van der Waals surface area contributed by atoms with E-state index in [4.69, 9.17) is 46.4 Å². The lowest BCUT2D eigenvalue weighted by molar-refractivity contribution is 0.628. The van der Waals surface area contributed by atoms with Crippen LogP contribution in [-0.4, -0.2) is 0 Å². The fraction of sp³-hybridized carbons (Fsp3) is 0. The van der Waals surface area contributed by atoms with Gasteiger partial charge < -0.3 is 4.90 Å². The number of halogens is 5. The summed E-state index contributed by atoms with van der Waals surface area (Å²) in [4.78, 5) is 1.88. The summed E-state index contributed by atoms with van der Waals surface area (Å²) < 4.78 is 13.3. The van der Waals surface area contributed by atoms with Gasteiger partial charge in [-0.25, -0.2) is 4.39 Å². The largest absolute Gasteiger partial charge is 0.310 e. The van der Waals surface area contributed by atoms with Gasteiger partial charge in [0, 0.05) is 17.1 Å². The van der Waals surface area contributed by atoms with Crippen LogP contribution in [0.5, 0.6) is 0 Å². The Hall–Kier alpha value is -1.45. The van der Waals surface area contributed by atoms with Crippen molar-refractivity contribution < 1.29 is 4.39 Å². The van der Waals surface area contributed by atoms with E-state index in [2.05, 4.69) is 0 Å². The molecule has 3 rings (SSSR count). The minimum Gasteiger partial charge on any atom is -0.310 e. The van der Waals surface area contributed by atoms with Gasteiger partial charge in [-0.05, 0) is 60.7 Å². The first-order valence-electron chi connectivity index (χ1n) is 6.91. The number of benzene rings is 3. The van der Waals surface area contributed by atoms with Gasteiger partial charge >= 0.3 is 0 Å². The van der Waals surface area contributed by atoms with Gasteiger partial charge in [0.25, 0.3) is 0 Å². The Morgan fingerprint density at radius 2 is 0.958 bits per heavy atom. The van der Waals surface area contributed by atoms with Crippen LogP contribution < -0.4 is 4.90 Å². The molecule has 0 N–H and O–H groups in total. The van der Waals surface area contributed by atoms with E-state index in [1.165, 1.54) is 12.1 Å². The maximum Gasteiger partial charge on any atom is 0.123 e. The zero-order chi connectivity index (χ0) is 17.3. The van der Waals surface area contributed by atoms with E-state index in [9.17, 15) is 4.39 Å². The Kier molecular flexibility index (Phi) is 5.21. The van der Waals surface area contributed by atoms with Crippen molar-refractivity contribution >= 4 is 63.5 Å². The topological polar surface area (TPSA) is 3.24 Å². The summed E-state index contributed by atoms with van der Waals surface area (Å²) in [6, 6.07) is 16.6. The van der Waals surface area contributed by atoms with Gasteiger partial charge in [-0.3, -0.25) is 0 Å². The second-order valence-electron chi connectivity index (χ2n) is 5.01. The normalized spacial score (nSPS) is 10.7. The molecule has 0 saturated heterocycles. The van der Waals surface area contributed by atoms with Crippen LogP contribution in [-0.2, 0) is 0 Å². The Morgan fingerprint density at radius 1 is 0.542 bits per heavy atom. The Labute approximate surface area is 159 Å². The van der Waals surface area contributed by atoms with Crippen molar-refractivity contribution in [3.8, 4) is 0 Å². The summed E-state index contributed by atoms with van der Waals surface area (Å²) in [5.41, 5.74) is 2.26. The predicted octanol–water partition coefficient (Wildman–Crippen LogP) is 7.91. The molecule has 0 aliphatic heterocycles. The molecule has 0 aliphatic carbocycles. The molecule has 0 unspecified atom stereocenters. The van der Waals surface area contributed by atoms with Crippen molar-refractivity contribution in [2.45, 2.75) is 0 Å². The zero-order valence-corrected chi connectivity index (χ0v) is 15.1. The fourth-order valence-corrected chi connectivity index (χ4v) is 2.87. The van der Waals surface area contributed by atoms with Crippen LogP contribution in [0.1, 0.15) is 0 Å². The van der Waals surface area contributed by atoms with E-state index < -0.39 is 0 Å². The molecule has 0 aliphatic rings. The number of rotatable bonds is 3. The number of hydrogen-bond donors (Lipinski definition) is 0. The minimum atomic E-state index is -0.318. The summed E-state index contributed by atoms with van der Waals surface area (Å²) in [5, 5.41) is 1.74. The molecule has 122 valence electrons. The van der Waals surface area contributed by atoms with Crippen molar-refractivity contribution in [1.29, 1.82) is 0 Å². The number of anilines is 3. The van der Waals surface area contributed by atoms with Crippen LogP contribution in [0.3, 0.4) is 0 Å². The minimum absolute atomic E-state index is 0.318. The molecule has 1 nitrogen and oxygen atoms in total. The highest BCUT2D eigenvalue weighted by atomic mass is 35.5. The van der Waals surface area contributed by atoms with E-state index >= 15 is 0 Å². The molecule has 6 heteroatoms. The van der Waals surface area contributed by atoms with Crippen molar-refractivity contribution in [2.75, 3.05) is 4.90 Å². The van der Waals surface area contributed by atoms with Crippen LogP contribution in [0.15, 0.2) is 60.7 Å². The van der Waals surface area contributed by atoms with Crippen LogP contribution in [0, 0.1) is 5.82 Å². The molecule has 24 heavy (non-hydrogen) atoms. The average molecular weight is 401 g/mol. The molecule has 0 heterocycles. The quantitative estimate of drug-likeness (QED) is 0.431. The molecular weight excluding hydrogens is 391 g/mol. The van der Waals surface area contributed by atoms with Gasteiger partial charge in [0.1, 0.15) is 5.82 Å². The monoisotopic (exact) mass is 399 g/mol. The lowest BCUT2D eigenvalue weighted by Crippen LogP contribution is -2.10. The predicted molar refractivity (Wildman–Crippen MR) is 101 cm³/mol. The fourth-order valence-electron chi connectivity index (χ4n) is 2.29. The summed E-state index contributed by atoms with van der Waals surface area (Å²) in [5.74, 6) is -0.318. The van der Waals surface area contributed by atoms with Crippen molar-refractivity contribution in [3.05, 3.63) is 86.6 Å². The molecule has 0 saturated carbocycles. The molecule has 0 atom stereocenters. The van der Waals surface area contributed by atoms with E-state index in [1.54, 1.807) is 36.4 Å². The first-order valence-corrected chi connectivity index (χ1v) is 8.43.